The van der Waals surface area contributed by atoms with Crippen molar-refractivity contribution in [2.45, 2.75) is 32.4 Å². The van der Waals surface area contributed by atoms with E-state index in [9.17, 15) is 0 Å². The Kier molecular flexibility index (Phi) is 6.30. The highest BCUT2D eigenvalue weighted by Crippen LogP contribution is 2.23. The van der Waals surface area contributed by atoms with Gasteiger partial charge in [0.1, 0.15) is 0 Å². The van der Waals surface area contributed by atoms with Crippen LogP contribution in [-0.2, 0) is 13.0 Å². The summed E-state index contributed by atoms with van der Waals surface area (Å²) in [6.45, 7) is 12.1. The molecule has 1 atom stereocenters. The largest absolute Gasteiger partial charge is 0.297 e. The number of hydrogen-bond acceptors (Lipinski definition) is 5. The second kappa shape index (κ2) is 8.87. The molecule has 6 heteroatoms. The number of aromatic nitrogens is 4. The van der Waals surface area contributed by atoms with Crippen molar-refractivity contribution in [2.24, 2.45) is 0 Å². The van der Waals surface area contributed by atoms with Crippen LogP contribution in [0, 0.1) is 0 Å². The zero-order valence-electron chi connectivity index (χ0n) is 15.1. The van der Waals surface area contributed by atoms with Gasteiger partial charge in [-0.15, -0.1) is 11.7 Å². The molecule has 2 aromatic rings. The van der Waals surface area contributed by atoms with Crippen LogP contribution in [0.4, 0.5) is 0 Å². The van der Waals surface area contributed by atoms with Crippen LogP contribution in [0.1, 0.15) is 30.8 Å². The first-order valence-electron chi connectivity index (χ1n) is 9.19. The molecule has 0 bridgehead atoms. The molecule has 134 valence electrons. The van der Waals surface area contributed by atoms with Gasteiger partial charge in [-0.05, 0) is 28.8 Å². The normalized spacial score (nSPS) is 17.5. The summed E-state index contributed by atoms with van der Waals surface area (Å²) in [6.07, 6.45) is 3.95. The smallest absolute Gasteiger partial charge is 0.168 e. The number of tetrazole rings is 1. The number of piperazine rings is 1. The van der Waals surface area contributed by atoms with Crippen molar-refractivity contribution in [1.82, 2.24) is 30.0 Å². The predicted octanol–water partition coefficient (Wildman–Crippen LogP) is 2.17. The Labute approximate surface area is 150 Å². The van der Waals surface area contributed by atoms with Crippen LogP contribution in [0.3, 0.4) is 0 Å². The number of nitrogens with zero attached hydrogens (tertiary/aromatic N) is 6. The highest BCUT2D eigenvalue weighted by atomic mass is 15.5. The third kappa shape index (κ3) is 4.52. The number of aryl methyl sites for hydroxylation is 2. The quantitative estimate of drug-likeness (QED) is 0.689. The molecule has 0 N–H and O–H groups in total. The van der Waals surface area contributed by atoms with Crippen molar-refractivity contribution < 1.29 is 0 Å². The summed E-state index contributed by atoms with van der Waals surface area (Å²) in [5, 5.41) is 12.6. The summed E-state index contributed by atoms with van der Waals surface area (Å²) in [5.41, 5.74) is 1.31. The van der Waals surface area contributed by atoms with E-state index in [0.29, 0.717) is 0 Å². The van der Waals surface area contributed by atoms with E-state index in [-0.39, 0.29) is 6.04 Å². The highest BCUT2D eigenvalue weighted by molar-refractivity contribution is 5.14. The van der Waals surface area contributed by atoms with E-state index in [1.165, 1.54) is 5.56 Å². The van der Waals surface area contributed by atoms with Gasteiger partial charge in [0.2, 0.25) is 0 Å². The zero-order valence-corrected chi connectivity index (χ0v) is 15.1. The standard InChI is InChI=1S/C19H28N6/c1-3-11-23-13-15-24(16-14-23)18(4-2)19-20-21-22-25(19)12-10-17-8-6-5-7-9-17/h3,5-9,18H,1,4,10-16H2,2H3. The van der Waals surface area contributed by atoms with Gasteiger partial charge in [-0.3, -0.25) is 9.80 Å². The third-order valence-electron chi connectivity index (χ3n) is 4.93. The first-order valence-corrected chi connectivity index (χ1v) is 9.19. The molecular formula is C19H28N6. The highest BCUT2D eigenvalue weighted by Gasteiger charge is 2.27. The average molecular weight is 340 g/mol. The van der Waals surface area contributed by atoms with E-state index in [2.05, 4.69) is 63.1 Å². The molecule has 2 heterocycles. The van der Waals surface area contributed by atoms with Crippen molar-refractivity contribution >= 4 is 0 Å². The van der Waals surface area contributed by atoms with Gasteiger partial charge in [0, 0.05) is 39.3 Å². The van der Waals surface area contributed by atoms with Gasteiger partial charge in [0.25, 0.3) is 0 Å². The van der Waals surface area contributed by atoms with Crippen LogP contribution >= 0.6 is 0 Å². The fourth-order valence-electron chi connectivity index (χ4n) is 3.53. The lowest BCUT2D eigenvalue weighted by Crippen LogP contribution is -2.47. The molecule has 0 radical (unpaired) electrons. The van der Waals surface area contributed by atoms with Gasteiger partial charge in [-0.1, -0.05) is 43.3 Å². The van der Waals surface area contributed by atoms with E-state index in [0.717, 1.165) is 57.9 Å². The summed E-state index contributed by atoms with van der Waals surface area (Å²) in [7, 11) is 0. The Bertz CT molecular complexity index is 645. The Hall–Kier alpha value is -2.05. The van der Waals surface area contributed by atoms with E-state index in [1.807, 2.05) is 16.8 Å². The van der Waals surface area contributed by atoms with Crippen molar-refractivity contribution in [3.05, 3.63) is 54.4 Å². The fourth-order valence-corrected chi connectivity index (χ4v) is 3.53. The molecule has 1 aliphatic heterocycles. The van der Waals surface area contributed by atoms with Crippen molar-refractivity contribution in [3.63, 3.8) is 0 Å². The molecule has 0 spiro atoms. The van der Waals surface area contributed by atoms with Crippen LogP contribution in [0.2, 0.25) is 0 Å². The maximum atomic E-state index is 4.36. The van der Waals surface area contributed by atoms with Crippen LogP contribution in [0.25, 0.3) is 0 Å². The summed E-state index contributed by atoms with van der Waals surface area (Å²) in [4.78, 5) is 4.96. The Balaban J connectivity index is 1.64. The minimum absolute atomic E-state index is 0.289. The van der Waals surface area contributed by atoms with Crippen molar-refractivity contribution in [3.8, 4) is 0 Å². The third-order valence-corrected chi connectivity index (χ3v) is 4.93. The second-order valence-corrected chi connectivity index (χ2v) is 6.55. The number of benzene rings is 1. The molecular weight excluding hydrogens is 312 g/mol. The van der Waals surface area contributed by atoms with E-state index < -0.39 is 0 Å². The van der Waals surface area contributed by atoms with Crippen molar-refractivity contribution in [1.29, 1.82) is 0 Å². The first-order chi connectivity index (χ1) is 12.3. The van der Waals surface area contributed by atoms with Gasteiger partial charge in [0.15, 0.2) is 5.82 Å². The molecule has 0 amide bonds. The van der Waals surface area contributed by atoms with E-state index in [4.69, 9.17) is 0 Å². The Morgan fingerprint density at radius 1 is 1.16 bits per heavy atom. The molecule has 1 aliphatic rings. The molecule has 1 saturated heterocycles. The van der Waals surface area contributed by atoms with E-state index in [1.54, 1.807) is 0 Å². The van der Waals surface area contributed by atoms with Crippen LogP contribution in [0.5, 0.6) is 0 Å². The molecule has 0 saturated carbocycles. The van der Waals surface area contributed by atoms with Gasteiger partial charge < -0.3 is 0 Å². The average Bonchev–Trinajstić information content (AvgIpc) is 3.11. The van der Waals surface area contributed by atoms with Gasteiger partial charge in [0.05, 0.1) is 6.04 Å². The summed E-state index contributed by atoms with van der Waals surface area (Å²) < 4.78 is 1.98. The Morgan fingerprint density at radius 3 is 2.60 bits per heavy atom. The van der Waals surface area contributed by atoms with Gasteiger partial charge in [-0.25, -0.2) is 4.68 Å². The Morgan fingerprint density at radius 2 is 1.92 bits per heavy atom. The van der Waals surface area contributed by atoms with Gasteiger partial charge in [-0.2, -0.15) is 0 Å². The molecule has 6 nitrogen and oxygen atoms in total. The van der Waals surface area contributed by atoms with E-state index >= 15 is 0 Å². The number of rotatable bonds is 8. The van der Waals surface area contributed by atoms with Crippen molar-refractivity contribution in [2.75, 3.05) is 32.7 Å². The number of hydrogen-bond donors (Lipinski definition) is 0. The molecule has 1 fully saturated rings. The minimum Gasteiger partial charge on any atom is -0.297 e. The van der Waals surface area contributed by atoms with Crippen LogP contribution < -0.4 is 0 Å². The lowest BCUT2D eigenvalue weighted by molar-refractivity contribution is 0.0947. The molecule has 1 unspecified atom stereocenters. The maximum absolute atomic E-state index is 4.36. The van der Waals surface area contributed by atoms with Gasteiger partial charge >= 0.3 is 0 Å². The summed E-state index contributed by atoms with van der Waals surface area (Å²) >= 11 is 0. The molecule has 0 aliphatic carbocycles. The minimum atomic E-state index is 0.289. The van der Waals surface area contributed by atoms with Crippen LogP contribution in [0.15, 0.2) is 43.0 Å². The monoisotopic (exact) mass is 340 g/mol. The zero-order chi connectivity index (χ0) is 17.5. The lowest BCUT2D eigenvalue weighted by atomic mass is 10.1. The molecule has 25 heavy (non-hydrogen) atoms. The SMILES string of the molecule is C=CCN1CCN(C(CC)c2nnnn2CCc2ccccc2)CC1. The summed E-state index contributed by atoms with van der Waals surface area (Å²) in [6, 6.07) is 10.8. The maximum Gasteiger partial charge on any atom is 0.168 e. The first kappa shape index (κ1) is 17.8. The molecule has 1 aromatic carbocycles. The molecule has 3 rings (SSSR count). The topological polar surface area (TPSA) is 50.1 Å². The second-order valence-electron chi connectivity index (χ2n) is 6.55. The van der Waals surface area contributed by atoms with Crippen LogP contribution in [-0.4, -0.2) is 62.7 Å². The fraction of sp³-hybridized carbons (Fsp3) is 0.526. The lowest BCUT2D eigenvalue weighted by Gasteiger charge is -2.38. The summed E-state index contributed by atoms with van der Waals surface area (Å²) in [5.74, 6) is 0.996. The predicted molar refractivity (Wildman–Crippen MR) is 99.2 cm³/mol. The molecule has 1 aromatic heterocycles.